The lowest BCUT2D eigenvalue weighted by molar-refractivity contribution is 0.103. The SMILES string of the molecule is Cc1cc(C)c(C(=O)c2ccc(CN)cc2)c(F)c1. The van der Waals surface area contributed by atoms with Crippen molar-refractivity contribution in [3.8, 4) is 0 Å². The highest BCUT2D eigenvalue weighted by atomic mass is 19.1. The minimum atomic E-state index is -0.467. The molecule has 0 amide bonds. The third kappa shape index (κ3) is 2.71. The van der Waals surface area contributed by atoms with Gasteiger partial charge in [-0.25, -0.2) is 4.39 Å². The van der Waals surface area contributed by atoms with Crippen LogP contribution in [0, 0.1) is 19.7 Å². The maximum Gasteiger partial charge on any atom is 0.196 e. The van der Waals surface area contributed by atoms with E-state index in [0.717, 1.165) is 11.1 Å². The number of nitrogens with two attached hydrogens (primary N) is 1. The van der Waals surface area contributed by atoms with Crippen molar-refractivity contribution in [2.75, 3.05) is 0 Å². The zero-order valence-electron chi connectivity index (χ0n) is 11.0. The first kappa shape index (κ1) is 13.4. The van der Waals surface area contributed by atoms with E-state index in [-0.39, 0.29) is 11.3 Å². The van der Waals surface area contributed by atoms with E-state index in [4.69, 9.17) is 5.73 Å². The Balaban J connectivity index is 2.44. The fraction of sp³-hybridized carbons (Fsp3) is 0.188. The molecule has 0 atom stereocenters. The van der Waals surface area contributed by atoms with Crippen molar-refractivity contribution in [1.29, 1.82) is 0 Å². The van der Waals surface area contributed by atoms with Crippen LogP contribution >= 0.6 is 0 Å². The minimum Gasteiger partial charge on any atom is -0.326 e. The standard InChI is InChI=1S/C16H16FNO/c1-10-7-11(2)15(14(17)8-10)16(19)13-5-3-12(9-18)4-6-13/h3-8H,9,18H2,1-2H3. The van der Waals surface area contributed by atoms with Crippen LogP contribution in [0.5, 0.6) is 0 Å². The van der Waals surface area contributed by atoms with Crippen molar-refractivity contribution in [2.24, 2.45) is 5.73 Å². The lowest BCUT2D eigenvalue weighted by Crippen LogP contribution is -2.08. The Morgan fingerprint density at radius 3 is 2.32 bits per heavy atom. The minimum absolute atomic E-state index is 0.145. The van der Waals surface area contributed by atoms with Crippen molar-refractivity contribution >= 4 is 5.78 Å². The number of rotatable bonds is 3. The molecular formula is C16H16FNO. The summed E-state index contributed by atoms with van der Waals surface area (Å²) in [6.45, 7) is 3.98. The molecule has 0 saturated heterocycles. The van der Waals surface area contributed by atoms with Gasteiger partial charge in [-0.2, -0.15) is 0 Å². The van der Waals surface area contributed by atoms with E-state index in [2.05, 4.69) is 0 Å². The molecule has 3 heteroatoms. The zero-order chi connectivity index (χ0) is 14.0. The summed E-state index contributed by atoms with van der Waals surface area (Å²) >= 11 is 0. The van der Waals surface area contributed by atoms with E-state index in [9.17, 15) is 9.18 Å². The Kier molecular flexibility index (Phi) is 3.76. The van der Waals surface area contributed by atoms with Gasteiger partial charge in [0.1, 0.15) is 5.82 Å². The average Bonchev–Trinajstić information content (AvgIpc) is 2.37. The van der Waals surface area contributed by atoms with Gasteiger partial charge in [0.05, 0.1) is 5.56 Å². The Labute approximate surface area is 112 Å². The van der Waals surface area contributed by atoms with Gasteiger partial charge in [0.15, 0.2) is 5.78 Å². The van der Waals surface area contributed by atoms with Crippen LogP contribution in [0.15, 0.2) is 36.4 Å². The number of hydrogen-bond acceptors (Lipinski definition) is 2. The molecular weight excluding hydrogens is 241 g/mol. The maximum absolute atomic E-state index is 14.0. The molecule has 0 aliphatic heterocycles. The molecule has 0 heterocycles. The van der Waals surface area contributed by atoms with E-state index in [1.807, 2.05) is 6.07 Å². The van der Waals surface area contributed by atoms with Crippen molar-refractivity contribution in [3.63, 3.8) is 0 Å². The second-order valence-corrected chi connectivity index (χ2v) is 4.67. The summed E-state index contributed by atoms with van der Waals surface area (Å²) in [4.78, 5) is 12.3. The Hall–Kier alpha value is -2.00. The van der Waals surface area contributed by atoms with Gasteiger partial charge in [-0.3, -0.25) is 4.79 Å². The molecule has 0 spiro atoms. The topological polar surface area (TPSA) is 43.1 Å². The second kappa shape index (κ2) is 5.33. The molecule has 2 N–H and O–H groups in total. The second-order valence-electron chi connectivity index (χ2n) is 4.67. The number of hydrogen-bond donors (Lipinski definition) is 1. The molecule has 98 valence electrons. The number of carbonyl (C=O) groups is 1. The maximum atomic E-state index is 14.0. The number of carbonyl (C=O) groups excluding carboxylic acids is 1. The van der Waals surface area contributed by atoms with E-state index >= 15 is 0 Å². The molecule has 0 aliphatic carbocycles. The van der Waals surface area contributed by atoms with E-state index in [1.54, 1.807) is 38.1 Å². The quantitative estimate of drug-likeness (QED) is 0.858. The summed E-state index contributed by atoms with van der Waals surface area (Å²) in [5, 5.41) is 0. The van der Waals surface area contributed by atoms with Crippen LogP contribution in [0.2, 0.25) is 0 Å². The summed E-state index contributed by atoms with van der Waals surface area (Å²) in [6, 6.07) is 10.1. The normalized spacial score (nSPS) is 10.5. The smallest absolute Gasteiger partial charge is 0.196 e. The highest BCUT2D eigenvalue weighted by Gasteiger charge is 2.17. The van der Waals surface area contributed by atoms with Gasteiger partial charge in [0.2, 0.25) is 0 Å². The Morgan fingerprint density at radius 1 is 1.16 bits per heavy atom. The van der Waals surface area contributed by atoms with Gasteiger partial charge >= 0.3 is 0 Å². The third-order valence-corrected chi connectivity index (χ3v) is 3.11. The number of benzene rings is 2. The molecule has 0 saturated carbocycles. The molecule has 2 nitrogen and oxygen atoms in total. The lowest BCUT2D eigenvalue weighted by atomic mass is 9.96. The summed E-state index contributed by atoms with van der Waals surface area (Å²) in [6.07, 6.45) is 0. The molecule has 19 heavy (non-hydrogen) atoms. The first-order valence-electron chi connectivity index (χ1n) is 6.13. The summed E-state index contributed by atoms with van der Waals surface area (Å²) in [7, 11) is 0. The van der Waals surface area contributed by atoms with Gasteiger partial charge in [-0.05, 0) is 36.6 Å². The highest BCUT2D eigenvalue weighted by Crippen LogP contribution is 2.20. The van der Waals surface area contributed by atoms with Gasteiger partial charge in [0, 0.05) is 12.1 Å². The van der Waals surface area contributed by atoms with Crippen LogP contribution in [-0.2, 0) is 6.54 Å². The van der Waals surface area contributed by atoms with E-state index < -0.39 is 5.82 Å². The third-order valence-electron chi connectivity index (χ3n) is 3.11. The summed E-state index contributed by atoms with van der Waals surface area (Å²) < 4.78 is 14.0. The largest absolute Gasteiger partial charge is 0.326 e. The first-order chi connectivity index (χ1) is 9.02. The molecule has 2 rings (SSSR count). The Morgan fingerprint density at radius 2 is 1.79 bits per heavy atom. The fourth-order valence-electron chi connectivity index (χ4n) is 2.14. The lowest BCUT2D eigenvalue weighted by Gasteiger charge is -2.08. The molecule has 0 aromatic heterocycles. The summed E-state index contributed by atoms with van der Waals surface area (Å²) in [5.41, 5.74) is 8.54. The van der Waals surface area contributed by atoms with Crippen LogP contribution in [0.3, 0.4) is 0 Å². The van der Waals surface area contributed by atoms with Gasteiger partial charge in [0.25, 0.3) is 0 Å². The average molecular weight is 257 g/mol. The van der Waals surface area contributed by atoms with Gasteiger partial charge in [-0.1, -0.05) is 30.3 Å². The first-order valence-corrected chi connectivity index (χ1v) is 6.13. The Bertz CT molecular complexity index is 594. The number of ketones is 1. The molecule has 0 fully saturated rings. The van der Waals surface area contributed by atoms with E-state index in [0.29, 0.717) is 17.7 Å². The van der Waals surface area contributed by atoms with E-state index in [1.165, 1.54) is 6.07 Å². The van der Waals surface area contributed by atoms with Crippen molar-refractivity contribution in [2.45, 2.75) is 20.4 Å². The number of aryl methyl sites for hydroxylation is 2. The fourth-order valence-corrected chi connectivity index (χ4v) is 2.14. The van der Waals surface area contributed by atoms with Crippen LogP contribution in [-0.4, -0.2) is 5.78 Å². The van der Waals surface area contributed by atoms with Crippen molar-refractivity contribution in [3.05, 3.63) is 70.0 Å². The van der Waals surface area contributed by atoms with Crippen molar-refractivity contribution in [1.82, 2.24) is 0 Å². The van der Waals surface area contributed by atoms with Crippen LogP contribution in [0.1, 0.15) is 32.6 Å². The van der Waals surface area contributed by atoms with Crippen LogP contribution < -0.4 is 5.73 Å². The van der Waals surface area contributed by atoms with Crippen LogP contribution in [0.25, 0.3) is 0 Å². The monoisotopic (exact) mass is 257 g/mol. The molecule has 0 bridgehead atoms. The predicted octanol–water partition coefficient (Wildman–Crippen LogP) is 3.13. The summed E-state index contributed by atoms with van der Waals surface area (Å²) in [5.74, 6) is -0.760. The molecule has 0 radical (unpaired) electrons. The molecule has 0 unspecified atom stereocenters. The molecule has 0 aliphatic rings. The highest BCUT2D eigenvalue weighted by molar-refractivity contribution is 6.10. The van der Waals surface area contributed by atoms with Gasteiger partial charge < -0.3 is 5.73 Å². The van der Waals surface area contributed by atoms with Crippen molar-refractivity contribution < 1.29 is 9.18 Å². The molecule has 2 aromatic rings. The van der Waals surface area contributed by atoms with Crippen LogP contribution in [0.4, 0.5) is 4.39 Å². The van der Waals surface area contributed by atoms with Gasteiger partial charge in [-0.15, -0.1) is 0 Å². The number of halogens is 1. The predicted molar refractivity (Wildman–Crippen MR) is 73.6 cm³/mol. The zero-order valence-corrected chi connectivity index (χ0v) is 11.0. The molecule has 2 aromatic carbocycles.